The van der Waals surface area contributed by atoms with E-state index in [-0.39, 0.29) is 16.9 Å². The zero-order valence-corrected chi connectivity index (χ0v) is 13.1. The number of nitrogens with two attached hydrogens (primary N) is 1. The Balaban J connectivity index is 1.90. The average Bonchev–Trinajstić information content (AvgIpc) is 3.11. The summed E-state index contributed by atoms with van der Waals surface area (Å²) in [5.74, 6) is 4.04. The summed E-state index contributed by atoms with van der Waals surface area (Å²) >= 11 is 1.23. The summed E-state index contributed by atoms with van der Waals surface area (Å²) in [6, 6.07) is 1.25. The summed E-state index contributed by atoms with van der Waals surface area (Å²) in [6.45, 7) is 1.74. The quantitative estimate of drug-likeness (QED) is 0.482. The molecule has 0 amide bonds. The number of aromatic amines is 1. The Bertz CT molecular complexity index is 1170. The number of anilines is 1. The van der Waals surface area contributed by atoms with Crippen LogP contribution in [-0.4, -0.2) is 19.9 Å². The van der Waals surface area contributed by atoms with Gasteiger partial charge in [-0.3, -0.25) is 0 Å². The van der Waals surface area contributed by atoms with Crippen molar-refractivity contribution in [2.24, 2.45) is 0 Å². The third-order valence-electron chi connectivity index (χ3n) is 3.51. The van der Waals surface area contributed by atoms with Crippen LogP contribution >= 0.6 is 11.3 Å². The van der Waals surface area contributed by atoms with E-state index < -0.39 is 11.6 Å². The fraction of sp³-hybridized carbons (Fsp3) is 0.0625. The molecule has 0 saturated heterocycles. The highest BCUT2D eigenvalue weighted by atomic mass is 32.1. The molecule has 0 aliphatic carbocycles. The number of hydrogen-bond donors (Lipinski definition) is 2. The molecule has 3 N–H and O–H groups in total. The molecular formula is C16H9F2N5S. The molecule has 0 fully saturated rings. The topological polar surface area (TPSA) is 80.5 Å². The monoisotopic (exact) mass is 341 g/mol. The number of rotatable bonds is 0. The lowest BCUT2D eigenvalue weighted by atomic mass is 10.1. The molecule has 3 heterocycles. The predicted molar refractivity (Wildman–Crippen MR) is 88.6 cm³/mol. The molecule has 1 aromatic carbocycles. The molecule has 0 saturated carbocycles. The van der Waals surface area contributed by atoms with E-state index in [0.29, 0.717) is 26.3 Å². The minimum atomic E-state index is -0.758. The molecule has 118 valence electrons. The van der Waals surface area contributed by atoms with Gasteiger partial charge in [0.25, 0.3) is 0 Å². The lowest BCUT2D eigenvalue weighted by molar-refractivity contribution is 0.585. The molecule has 0 radical (unpaired) electrons. The number of benzene rings is 1. The Morgan fingerprint density at radius 1 is 1.25 bits per heavy atom. The fourth-order valence-corrected chi connectivity index (χ4v) is 3.29. The molecule has 4 rings (SSSR count). The molecule has 5 nitrogen and oxygen atoms in total. The normalized spacial score (nSPS) is 11.0. The second-order valence-corrected chi connectivity index (χ2v) is 6.30. The van der Waals surface area contributed by atoms with Crippen LogP contribution in [0.25, 0.3) is 21.3 Å². The van der Waals surface area contributed by atoms with Crippen LogP contribution in [0.5, 0.6) is 0 Å². The Labute approximate surface area is 138 Å². The maximum Gasteiger partial charge on any atom is 0.168 e. The molecule has 0 bridgehead atoms. The van der Waals surface area contributed by atoms with Crippen molar-refractivity contribution in [2.45, 2.75) is 6.92 Å². The Hall–Kier alpha value is -3.05. The molecule has 0 aliphatic rings. The fourth-order valence-electron chi connectivity index (χ4n) is 2.44. The number of nitrogens with zero attached hydrogens (tertiary/aromatic N) is 3. The average molecular weight is 341 g/mol. The zero-order valence-electron chi connectivity index (χ0n) is 12.3. The van der Waals surface area contributed by atoms with Gasteiger partial charge in [-0.05, 0) is 13.0 Å². The SMILES string of the molecule is Cc1nc2c(F)c(C#Cc3c[nH]c4ncnc(N)c34)c(F)cc2s1. The maximum atomic E-state index is 14.5. The van der Waals surface area contributed by atoms with Crippen molar-refractivity contribution in [3.8, 4) is 11.8 Å². The van der Waals surface area contributed by atoms with Gasteiger partial charge in [0, 0.05) is 6.20 Å². The van der Waals surface area contributed by atoms with E-state index in [0.717, 1.165) is 0 Å². The Kier molecular flexibility index (Phi) is 3.18. The van der Waals surface area contributed by atoms with Gasteiger partial charge in [-0.1, -0.05) is 11.8 Å². The van der Waals surface area contributed by atoms with Gasteiger partial charge in [0.2, 0.25) is 0 Å². The first-order valence-corrected chi connectivity index (χ1v) is 7.71. The zero-order chi connectivity index (χ0) is 16.8. The van der Waals surface area contributed by atoms with Crippen LogP contribution in [0, 0.1) is 30.4 Å². The van der Waals surface area contributed by atoms with Crippen molar-refractivity contribution >= 4 is 38.4 Å². The van der Waals surface area contributed by atoms with Crippen LogP contribution in [0.1, 0.15) is 16.1 Å². The smallest absolute Gasteiger partial charge is 0.168 e. The van der Waals surface area contributed by atoms with E-state index in [4.69, 9.17) is 5.73 Å². The van der Waals surface area contributed by atoms with Crippen LogP contribution in [-0.2, 0) is 0 Å². The molecule has 4 aromatic rings. The number of aryl methyl sites for hydroxylation is 1. The first kappa shape index (κ1) is 14.5. The summed E-state index contributed by atoms with van der Waals surface area (Å²) in [4.78, 5) is 14.9. The van der Waals surface area contributed by atoms with Crippen molar-refractivity contribution in [3.63, 3.8) is 0 Å². The molecule has 0 unspecified atom stereocenters. The minimum Gasteiger partial charge on any atom is -0.383 e. The summed E-state index contributed by atoms with van der Waals surface area (Å²) in [7, 11) is 0. The molecule has 3 aromatic heterocycles. The number of nitrogen functional groups attached to an aromatic ring is 1. The molecule has 8 heteroatoms. The van der Waals surface area contributed by atoms with E-state index in [2.05, 4.69) is 31.8 Å². The van der Waals surface area contributed by atoms with Gasteiger partial charge in [-0.2, -0.15) is 0 Å². The second-order valence-electron chi connectivity index (χ2n) is 5.06. The van der Waals surface area contributed by atoms with Gasteiger partial charge in [0.1, 0.15) is 29.1 Å². The van der Waals surface area contributed by atoms with Crippen molar-refractivity contribution in [2.75, 3.05) is 5.73 Å². The highest BCUT2D eigenvalue weighted by Crippen LogP contribution is 2.28. The van der Waals surface area contributed by atoms with E-state index in [9.17, 15) is 8.78 Å². The van der Waals surface area contributed by atoms with Crippen molar-refractivity contribution in [3.05, 3.63) is 46.4 Å². The molecule has 0 atom stereocenters. The summed E-state index contributed by atoms with van der Waals surface area (Å²) in [5.41, 5.74) is 6.60. The number of halogens is 2. The first-order valence-electron chi connectivity index (χ1n) is 6.89. The van der Waals surface area contributed by atoms with Gasteiger partial charge < -0.3 is 10.7 Å². The maximum absolute atomic E-state index is 14.5. The number of thiazole rings is 1. The van der Waals surface area contributed by atoms with E-state index >= 15 is 0 Å². The van der Waals surface area contributed by atoms with Crippen LogP contribution in [0.4, 0.5) is 14.6 Å². The number of H-pyrrole nitrogens is 1. The van der Waals surface area contributed by atoms with E-state index in [1.165, 1.54) is 23.7 Å². The van der Waals surface area contributed by atoms with Crippen molar-refractivity contribution in [1.29, 1.82) is 0 Å². The summed E-state index contributed by atoms with van der Waals surface area (Å²) in [6.07, 6.45) is 2.90. The van der Waals surface area contributed by atoms with Crippen LogP contribution in [0.15, 0.2) is 18.6 Å². The van der Waals surface area contributed by atoms with Crippen molar-refractivity contribution in [1.82, 2.24) is 19.9 Å². The second kappa shape index (κ2) is 5.25. The Morgan fingerprint density at radius 3 is 2.92 bits per heavy atom. The predicted octanol–water partition coefficient (Wildman–Crippen LogP) is 3.14. The largest absolute Gasteiger partial charge is 0.383 e. The summed E-state index contributed by atoms with van der Waals surface area (Å²) in [5, 5.41) is 1.19. The number of aromatic nitrogens is 4. The third-order valence-corrected chi connectivity index (χ3v) is 4.42. The number of fused-ring (bicyclic) bond motifs is 2. The highest BCUT2D eigenvalue weighted by molar-refractivity contribution is 7.18. The highest BCUT2D eigenvalue weighted by Gasteiger charge is 2.15. The minimum absolute atomic E-state index is 0.130. The van der Waals surface area contributed by atoms with E-state index in [1.807, 2.05) is 0 Å². The lowest BCUT2D eigenvalue weighted by Gasteiger charge is -1.98. The van der Waals surface area contributed by atoms with Crippen LogP contribution < -0.4 is 5.73 Å². The van der Waals surface area contributed by atoms with Crippen LogP contribution in [0.2, 0.25) is 0 Å². The third kappa shape index (κ3) is 2.18. The molecule has 0 spiro atoms. The van der Waals surface area contributed by atoms with Gasteiger partial charge >= 0.3 is 0 Å². The standard InChI is InChI=1S/C16H9F2N5S/c1-7-23-14-11(24-7)4-10(17)9(13(14)18)3-2-8-5-20-16-12(8)15(19)21-6-22-16/h4-6H,1H3,(H3,19,20,21,22). The van der Waals surface area contributed by atoms with Gasteiger partial charge in [0.15, 0.2) is 5.82 Å². The molecule has 0 aliphatic heterocycles. The van der Waals surface area contributed by atoms with E-state index in [1.54, 1.807) is 13.1 Å². The van der Waals surface area contributed by atoms with Gasteiger partial charge in [-0.15, -0.1) is 11.3 Å². The number of nitrogens with one attached hydrogen (secondary N) is 1. The summed E-state index contributed by atoms with van der Waals surface area (Å²) < 4.78 is 29.2. The van der Waals surface area contributed by atoms with Gasteiger partial charge in [0.05, 0.1) is 26.2 Å². The van der Waals surface area contributed by atoms with Crippen molar-refractivity contribution < 1.29 is 8.78 Å². The first-order chi connectivity index (χ1) is 11.5. The molecular weight excluding hydrogens is 332 g/mol. The molecule has 24 heavy (non-hydrogen) atoms. The number of hydrogen-bond acceptors (Lipinski definition) is 5. The van der Waals surface area contributed by atoms with Gasteiger partial charge in [-0.25, -0.2) is 23.7 Å². The Morgan fingerprint density at radius 2 is 2.08 bits per heavy atom. The lowest BCUT2D eigenvalue weighted by Crippen LogP contribution is -1.93. The van der Waals surface area contributed by atoms with Crippen LogP contribution in [0.3, 0.4) is 0 Å².